The van der Waals surface area contributed by atoms with Crippen LogP contribution < -0.4 is 0 Å². The average molecular weight is 386 g/mol. The fourth-order valence-corrected chi connectivity index (χ4v) is 4.29. The molecule has 1 unspecified atom stereocenters. The number of rotatable bonds is 6. The van der Waals surface area contributed by atoms with Gasteiger partial charge in [-0.25, -0.2) is 0 Å². The SMILES string of the molecule is CCN(CCN1C(=O)CSC1c1cccc(C(F)(F)F)c1)C(=O)C1CC1. The number of carbonyl (C=O) groups excluding carboxylic acids is 2. The van der Waals surface area contributed by atoms with Gasteiger partial charge in [-0.3, -0.25) is 9.59 Å². The van der Waals surface area contributed by atoms with Crippen LogP contribution in [0.2, 0.25) is 0 Å². The van der Waals surface area contributed by atoms with Crippen molar-refractivity contribution in [3.63, 3.8) is 0 Å². The van der Waals surface area contributed by atoms with Crippen LogP contribution in [0.1, 0.15) is 36.3 Å². The topological polar surface area (TPSA) is 40.6 Å². The summed E-state index contributed by atoms with van der Waals surface area (Å²) in [6.07, 6.45) is -2.58. The lowest BCUT2D eigenvalue weighted by Crippen LogP contribution is -2.40. The predicted molar refractivity (Wildman–Crippen MR) is 93.3 cm³/mol. The van der Waals surface area contributed by atoms with E-state index in [1.165, 1.54) is 17.8 Å². The third kappa shape index (κ3) is 4.16. The molecule has 1 saturated heterocycles. The van der Waals surface area contributed by atoms with Crippen LogP contribution in [0.5, 0.6) is 0 Å². The smallest absolute Gasteiger partial charge is 0.341 e. The first-order valence-corrected chi connectivity index (χ1v) is 9.73. The number of likely N-dealkylation sites (N-methyl/N-ethyl adjacent to an activating group) is 1. The first-order valence-electron chi connectivity index (χ1n) is 8.68. The minimum atomic E-state index is -4.41. The number of halogens is 3. The van der Waals surface area contributed by atoms with E-state index in [0.717, 1.165) is 25.0 Å². The highest BCUT2D eigenvalue weighted by Crippen LogP contribution is 2.40. The third-order valence-electron chi connectivity index (χ3n) is 4.70. The lowest BCUT2D eigenvalue weighted by atomic mass is 10.1. The summed E-state index contributed by atoms with van der Waals surface area (Å²) >= 11 is 1.32. The minimum Gasteiger partial charge on any atom is -0.341 e. The van der Waals surface area contributed by atoms with Crippen LogP contribution in [0.3, 0.4) is 0 Å². The monoisotopic (exact) mass is 386 g/mol. The molecule has 1 heterocycles. The van der Waals surface area contributed by atoms with E-state index in [4.69, 9.17) is 0 Å². The molecular weight excluding hydrogens is 365 g/mol. The fourth-order valence-electron chi connectivity index (χ4n) is 3.08. The van der Waals surface area contributed by atoms with E-state index in [2.05, 4.69) is 0 Å². The molecule has 1 atom stereocenters. The minimum absolute atomic E-state index is 0.104. The zero-order valence-electron chi connectivity index (χ0n) is 14.5. The molecule has 2 amide bonds. The van der Waals surface area contributed by atoms with Crippen molar-refractivity contribution in [1.82, 2.24) is 9.80 Å². The first kappa shape index (κ1) is 19.1. The van der Waals surface area contributed by atoms with Gasteiger partial charge in [0.2, 0.25) is 11.8 Å². The van der Waals surface area contributed by atoms with Gasteiger partial charge in [0.1, 0.15) is 5.37 Å². The van der Waals surface area contributed by atoms with Crippen LogP contribution in [0.25, 0.3) is 0 Å². The molecular formula is C18H21F3N2O2S. The third-order valence-corrected chi connectivity index (χ3v) is 5.95. The van der Waals surface area contributed by atoms with Crippen molar-refractivity contribution < 1.29 is 22.8 Å². The molecule has 0 N–H and O–H groups in total. The number of nitrogens with zero attached hydrogens (tertiary/aromatic N) is 2. The Morgan fingerprint density at radius 2 is 2.08 bits per heavy atom. The number of hydrogen-bond acceptors (Lipinski definition) is 3. The van der Waals surface area contributed by atoms with Crippen LogP contribution in [-0.2, 0) is 15.8 Å². The summed E-state index contributed by atoms with van der Waals surface area (Å²) in [6.45, 7) is 3.20. The Hall–Kier alpha value is -1.70. The number of carbonyl (C=O) groups is 2. The summed E-state index contributed by atoms with van der Waals surface area (Å²) in [6, 6.07) is 5.12. The highest BCUT2D eigenvalue weighted by Gasteiger charge is 2.37. The van der Waals surface area contributed by atoms with Gasteiger partial charge < -0.3 is 9.80 Å². The van der Waals surface area contributed by atoms with E-state index in [1.807, 2.05) is 6.92 Å². The quantitative estimate of drug-likeness (QED) is 0.751. The zero-order chi connectivity index (χ0) is 18.9. The summed E-state index contributed by atoms with van der Waals surface area (Å²) in [5, 5.41) is -0.445. The molecule has 2 aliphatic rings. The number of thioether (sulfide) groups is 1. The first-order chi connectivity index (χ1) is 12.3. The molecule has 1 aliphatic carbocycles. The van der Waals surface area contributed by atoms with Gasteiger partial charge in [0.25, 0.3) is 0 Å². The highest BCUT2D eigenvalue weighted by molar-refractivity contribution is 8.00. The Morgan fingerprint density at radius 1 is 1.35 bits per heavy atom. The second-order valence-corrected chi connectivity index (χ2v) is 7.63. The molecule has 26 heavy (non-hydrogen) atoms. The van der Waals surface area contributed by atoms with Gasteiger partial charge in [-0.2, -0.15) is 13.2 Å². The van der Waals surface area contributed by atoms with Crippen molar-refractivity contribution >= 4 is 23.6 Å². The van der Waals surface area contributed by atoms with Gasteiger partial charge in [-0.15, -0.1) is 11.8 Å². The van der Waals surface area contributed by atoms with Crippen molar-refractivity contribution in [2.24, 2.45) is 5.92 Å². The Balaban J connectivity index is 1.71. The lowest BCUT2D eigenvalue weighted by Gasteiger charge is -2.28. The normalized spacial score (nSPS) is 20.5. The molecule has 2 fully saturated rings. The van der Waals surface area contributed by atoms with E-state index in [0.29, 0.717) is 25.2 Å². The van der Waals surface area contributed by atoms with Crippen molar-refractivity contribution in [2.45, 2.75) is 31.3 Å². The van der Waals surface area contributed by atoms with E-state index < -0.39 is 17.1 Å². The molecule has 0 radical (unpaired) electrons. The van der Waals surface area contributed by atoms with Crippen LogP contribution in [0.15, 0.2) is 24.3 Å². The maximum absolute atomic E-state index is 13.0. The van der Waals surface area contributed by atoms with Gasteiger partial charge in [0.15, 0.2) is 0 Å². The summed E-state index contributed by atoms with van der Waals surface area (Å²) in [7, 11) is 0. The predicted octanol–water partition coefficient (Wildman–Crippen LogP) is 3.54. The fraction of sp³-hybridized carbons (Fsp3) is 0.556. The molecule has 1 aromatic carbocycles. The molecule has 1 aromatic rings. The number of hydrogen-bond donors (Lipinski definition) is 0. The van der Waals surface area contributed by atoms with Crippen molar-refractivity contribution in [3.8, 4) is 0 Å². The van der Waals surface area contributed by atoms with Crippen LogP contribution in [0, 0.1) is 5.92 Å². The van der Waals surface area contributed by atoms with Gasteiger partial charge >= 0.3 is 6.18 Å². The second-order valence-electron chi connectivity index (χ2n) is 6.57. The maximum atomic E-state index is 13.0. The molecule has 8 heteroatoms. The van der Waals surface area contributed by atoms with Gasteiger partial charge in [-0.05, 0) is 37.5 Å². The van der Waals surface area contributed by atoms with Crippen molar-refractivity contribution in [1.29, 1.82) is 0 Å². The summed E-state index contributed by atoms with van der Waals surface area (Å²) in [4.78, 5) is 27.8. The number of alkyl halides is 3. The average Bonchev–Trinajstić information content (AvgIpc) is 3.39. The zero-order valence-corrected chi connectivity index (χ0v) is 15.3. The van der Waals surface area contributed by atoms with Gasteiger partial charge in [-0.1, -0.05) is 12.1 Å². The van der Waals surface area contributed by atoms with Crippen LogP contribution in [-0.4, -0.2) is 47.0 Å². The second kappa shape index (κ2) is 7.50. The lowest BCUT2D eigenvalue weighted by molar-refractivity contribution is -0.137. The number of amides is 2. The molecule has 0 spiro atoms. The number of benzene rings is 1. The van der Waals surface area contributed by atoms with Crippen LogP contribution in [0.4, 0.5) is 13.2 Å². The molecule has 1 saturated carbocycles. The van der Waals surface area contributed by atoms with Gasteiger partial charge in [0, 0.05) is 25.6 Å². The molecule has 4 nitrogen and oxygen atoms in total. The highest BCUT2D eigenvalue weighted by atomic mass is 32.2. The van der Waals surface area contributed by atoms with Crippen molar-refractivity contribution in [2.75, 3.05) is 25.4 Å². The van der Waals surface area contributed by atoms with E-state index >= 15 is 0 Å². The molecule has 1 aliphatic heterocycles. The Bertz CT molecular complexity index is 691. The molecule has 3 rings (SSSR count). The van der Waals surface area contributed by atoms with Crippen LogP contribution >= 0.6 is 11.8 Å². The van der Waals surface area contributed by atoms with Gasteiger partial charge in [0.05, 0.1) is 11.3 Å². The molecule has 142 valence electrons. The summed E-state index contributed by atoms with van der Waals surface area (Å²) in [5.41, 5.74) is -0.249. The van der Waals surface area contributed by atoms with E-state index in [1.54, 1.807) is 15.9 Å². The molecule has 0 aromatic heterocycles. The Morgan fingerprint density at radius 3 is 2.69 bits per heavy atom. The summed E-state index contributed by atoms with van der Waals surface area (Å²) < 4.78 is 38.9. The Labute approximate surface area is 154 Å². The van der Waals surface area contributed by atoms with E-state index in [-0.39, 0.29) is 23.5 Å². The molecule has 0 bridgehead atoms. The van der Waals surface area contributed by atoms with E-state index in [9.17, 15) is 22.8 Å². The summed E-state index contributed by atoms with van der Waals surface area (Å²) in [5.74, 6) is 0.358. The van der Waals surface area contributed by atoms with Crippen molar-refractivity contribution in [3.05, 3.63) is 35.4 Å². The standard InChI is InChI=1S/C18H21F3N2O2S/c1-2-22(16(25)12-6-7-12)8-9-23-15(24)11-26-17(23)13-4-3-5-14(10-13)18(19,20)21/h3-5,10,12,17H,2,6-9,11H2,1H3. The maximum Gasteiger partial charge on any atom is 0.416 e. The largest absolute Gasteiger partial charge is 0.416 e. The Kier molecular flexibility index (Phi) is 5.50.